The van der Waals surface area contributed by atoms with E-state index >= 15 is 0 Å². The quantitative estimate of drug-likeness (QED) is 0.778. The third-order valence-corrected chi connectivity index (χ3v) is 4.82. The minimum Gasteiger partial charge on any atom is -0.368 e. The number of halogens is 1. The van der Waals surface area contributed by atoms with E-state index in [1.54, 1.807) is 23.1 Å². The SMILES string of the molecule is CCCCNC(=O)c1cncc(C(=O)N2CCN(c3ccc(F)cc3)CC2)c1. The number of carbonyl (C=O) groups excluding carboxylic acids is 2. The van der Waals surface area contributed by atoms with Crippen molar-refractivity contribution in [3.8, 4) is 0 Å². The fourth-order valence-electron chi connectivity index (χ4n) is 3.16. The molecule has 28 heavy (non-hydrogen) atoms. The van der Waals surface area contributed by atoms with Gasteiger partial charge >= 0.3 is 0 Å². The number of pyridine rings is 1. The molecule has 0 unspecified atom stereocenters. The van der Waals surface area contributed by atoms with Crippen molar-refractivity contribution in [3.05, 3.63) is 59.7 Å². The zero-order valence-electron chi connectivity index (χ0n) is 16.0. The maximum absolute atomic E-state index is 13.1. The van der Waals surface area contributed by atoms with Crippen LogP contribution < -0.4 is 10.2 Å². The van der Waals surface area contributed by atoms with Crippen LogP contribution in [0.5, 0.6) is 0 Å². The number of benzene rings is 1. The third kappa shape index (κ3) is 4.85. The maximum Gasteiger partial charge on any atom is 0.255 e. The van der Waals surface area contributed by atoms with E-state index in [9.17, 15) is 14.0 Å². The monoisotopic (exact) mass is 384 g/mol. The predicted octanol–water partition coefficient (Wildman–Crippen LogP) is 2.71. The van der Waals surface area contributed by atoms with Crippen molar-refractivity contribution in [2.24, 2.45) is 0 Å². The summed E-state index contributed by atoms with van der Waals surface area (Å²) >= 11 is 0. The van der Waals surface area contributed by atoms with E-state index in [0.29, 0.717) is 43.9 Å². The lowest BCUT2D eigenvalue weighted by Crippen LogP contribution is -2.48. The van der Waals surface area contributed by atoms with Gasteiger partial charge in [-0.05, 0) is 36.8 Å². The van der Waals surface area contributed by atoms with Gasteiger partial charge in [-0.2, -0.15) is 0 Å². The second kappa shape index (κ2) is 9.30. The number of nitrogens with one attached hydrogen (secondary N) is 1. The summed E-state index contributed by atoms with van der Waals surface area (Å²) in [4.78, 5) is 32.9. The van der Waals surface area contributed by atoms with Gasteiger partial charge in [0.05, 0.1) is 11.1 Å². The summed E-state index contributed by atoms with van der Waals surface area (Å²) < 4.78 is 13.1. The maximum atomic E-state index is 13.1. The standard InChI is InChI=1S/C21H25FN4O2/c1-2-3-8-24-20(27)16-13-17(15-23-14-16)21(28)26-11-9-25(10-12-26)19-6-4-18(22)5-7-19/h4-7,13-15H,2-3,8-12H2,1H3,(H,24,27). The van der Waals surface area contributed by atoms with Crippen LogP contribution in [-0.2, 0) is 0 Å². The van der Waals surface area contributed by atoms with Crippen LogP contribution in [0.25, 0.3) is 0 Å². The second-order valence-corrected chi connectivity index (χ2v) is 6.83. The molecule has 0 saturated carbocycles. The van der Waals surface area contributed by atoms with Crippen LogP contribution in [-0.4, -0.2) is 54.4 Å². The van der Waals surface area contributed by atoms with E-state index in [4.69, 9.17) is 0 Å². The number of hydrogen-bond acceptors (Lipinski definition) is 4. The van der Waals surface area contributed by atoms with Gasteiger partial charge in [-0.15, -0.1) is 0 Å². The first-order valence-electron chi connectivity index (χ1n) is 9.61. The number of carbonyl (C=O) groups is 2. The highest BCUT2D eigenvalue weighted by Gasteiger charge is 2.23. The fraction of sp³-hybridized carbons (Fsp3) is 0.381. The first-order chi connectivity index (χ1) is 13.6. The summed E-state index contributed by atoms with van der Waals surface area (Å²) in [5.74, 6) is -0.602. The van der Waals surface area contributed by atoms with Gasteiger partial charge in [0.25, 0.3) is 11.8 Å². The van der Waals surface area contributed by atoms with Crippen LogP contribution in [0.2, 0.25) is 0 Å². The largest absolute Gasteiger partial charge is 0.368 e. The van der Waals surface area contributed by atoms with E-state index in [-0.39, 0.29) is 17.6 Å². The zero-order valence-corrected chi connectivity index (χ0v) is 16.0. The van der Waals surface area contributed by atoms with E-state index in [2.05, 4.69) is 22.1 Å². The molecule has 0 spiro atoms. The van der Waals surface area contributed by atoms with Gasteiger partial charge in [0, 0.05) is 50.8 Å². The van der Waals surface area contributed by atoms with Crippen molar-refractivity contribution in [1.29, 1.82) is 0 Å². The van der Waals surface area contributed by atoms with Crippen molar-refractivity contribution < 1.29 is 14.0 Å². The van der Waals surface area contributed by atoms with Gasteiger partial charge in [-0.3, -0.25) is 14.6 Å². The summed E-state index contributed by atoms with van der Waals surface area (Å²) in [5, 5.41) is 2.84. The molecular weight excluding hydrogens is 359 g/mol. The van der Waals surface area contributed by atoms with E-state index in [0.717, 1.165) is 18.5 Å². The molecule has 3 rings (SSSR count). The normalized spacial score (nSPS) is 14.1. The Balaban J connectivity index is 1.59. The van der Waals surface area contributed by atoms with Crippen LogP contribution in [0.4, 0.5) is 10.1 Å². The number of rotatable bonds is 6. The lowest BCUT2D eigenvalue weighted by atomic mass is 10.1. The fourth-order valence-corrected chi connectivity index (χ4v) is 3.16. The molecule has 2 aromatic rings. The third-order valence-electron chi connectivity index (χ3n) is 4.82. The van der Waals surface area contributed by atoms with E-state index in [1.807, 2.05) is 0 Å². The van der Waals surface area contributed by atoms with Crippen molar-refractivity contribution >= 4 is 17.5 Å². The molecule has 6 nitrogen and oxygen atoms in total. The van der Waals surface area contributed by atoms with Gasteiger partial charge in [-0.25, -0.2) is 4.39 Å². The highest BCUT2D eigenvalue weighted by Crippen LogP contribution is 2.18. The Morgan fingerprint density at radius 1 is 1.07 bits per heavy atom. The van der Waals surface area contributed by atoms with Gasteiger partial charge in [-0.1, -0.05) is 13.3 Å². The second-order valence-electron chi connectivity index (χ2n) is 6.83. The smallest absolute Gasteiger partial charge is 0.255 e. The molecule has 1 aliphatic rings. The topological polar surface area (TPSA) is 65.5 Å². The minimum absolute atomic E-state index is 0.130. The molecule has 1 aromatic heterocycles. The Morgan fingerprint density at radius 3 is 2.43 bits per heavy atom. The number of nitrogens with zero attached hydrogens (tertiary/aromatic N) is 3. The number of piperazine rings is 1. The molecule has 1 aromatic carbocycles. The van der Waals surface area contributed by atoms with E-state index < -0.39 is 0 Å². The Morgan fingerprint density at radius 2 is 1.75 bits per heavy atom. The Bertz CT molecular complexity index is 817. The molecule has 2 heterocycles. The predicted molar refractivity (Wildman–Crippen MR) is 106 cm³/mol. The summed E-state index contributed by atoms with van der Waals surface area (Å²) in [6.07, 6.45) is 4.89. The van der Waals surface area contributed by atoms with Gasteiger partial charge in [0.15, 0.2) is 0 Å². The molecular formula is C21H25FN4O2. The average Bonchev–Trinajstić information content (AvgIpc) is 2.74. The number of aromatic nitrogens is 1. The first kappa shape index (κ1) is 19.8. The number of anilines is 1. The summed E-state index contributed by atoms with van der Waals surface area (Å²) in [6.45, 7) is 5.12. The molecule has 148 valence electrons. The number of hydrogen-bond donors (Lipinski definition) is 1. The van der Waals surface area contributed by atoms with Crippen LogP contribution >= 0.6 is 0 Å². The Kier molecular flexibility index (Phi) is 6.57. The summed E-state index contributed by atoms with van der Waals surface area (Å²) in [7, 11) is 0. The number of unbranched alkanes of at least 4 members (excludes halogenated alkanes) is 1. The van der Waals surface area contributed by atoms with Gasteiger partial charge in [0.2, 0.25) is 0 Å². The molecule has 0 atom stereocenters. The lowest BCUT2D eigenvalue weighted by molar-refractivity contribution is 0.0746. The highest BCUT2D eigenvalue weighted by molar-refractivity contribution is 5.99. The van der Waals surface area contributed by atoms with Crippen molar-refractivity contribution in [1.82, 2.24) is 15.2 Å². The lowest BCUT2D eigenvalue weighted by Gasteiger charge is -2.36. The van der Waals surface area contributed by atoms with Gasteiger partial charge < -0.3 is 15.1 Å². The van der Waals surface area contributed by atoms with Crippen molar-refractivity contribution in [3.63, 3.8) is 0 Å². The summed E-state index contributed by atoms with van der Waals surface area (Å²) in [6, 6.07) is 7.98. The molecule has 0 aliphatic carbocycles. The molecule has 1 N–H and O–H groups in total. The van der Waals surface area contributed by atoms with Crippen LogP contribution in [0, 0.1) is 5.82 Å². The highest BCUT2D eigenvalue weighted by atomic mass is 19.1. The molecule has 1 fully saturated rings. The summed E-state index contributed by atoms with van der Waals surface area (Å²) in [5.41, 5.74) is 1.76. The molecule has 2 amide bonds. The Labute approximate surface area is 164 Å². The molecule has 1 saturated heterocycles. The molecule has 0 bridgehead atoms. The van der Waals surface area contributed by atoms with Crippen molar-refractivity contribution in [2.45, 2.75) is 19.8 Å². The molecule has 7 heteroatoms. The average molecular weight is 384 g/mol. The van der Waals surface area contributed by atoms with Gasteiger partial charge in [0.1, 0.15) is 5.82 Å². The van der Waals surface area contributed by atoms with Crippen LogP contribution in [0.1, 0.15) is 40.5 Å². The molecule has 1 aliphatic heterocycles. The zero-order chi connectivity index (χ0) is 19.9. The number of amides is 2. The Hall–Kier alpha value is -2.96. The molecule has 0 radical (unpaired) electrons. The van der Waals surface area contributed by atoms with Crippen molar-refractivity contribution in [2.75, 3.05) is 37.6 Å². The minimum atomic E-state index is -0.260. The first-order valence-corrected chi connectivity index (χ1v) is 9.61. The van der Waals surface area contributed by atoms with Crippen LogP contribution in [0.15, 0.2) is 42.7 Å². The van der Waals surface area contributed by atoms with E-state index in [1.165, 1.54) is 24.5 Å². The van der Waals surface area contributed by atoms with Crippen LogP contribution in [0.3, 0.4) is 0 Å².